The molecule has 0 spiro atoms. The Bertz CT molecular complexity index is 572. The summed E-state index contributed by atoms with van der Waals surface area (Å²) in [5, 5.41) is 0. The van der Waals surface area contributed by atoms with Crippen molar-refractivity contribution in [1.82, 2.24) is 9.38 Å². The zero-order valence-electron chi connectivity index (χ0n) is 9.61. The van der Waals surface area contributed by atoms with Gasteiger partial charge in [-0.15, -0.1) is 0 Å². The lowest BCUT2D eigenvalue weighted by atomic mass is 10.1. The van der Waals surface area contributed by atoms with Crippen LogP contribution in [0.2, 0.25) is 0 Å². The lowest BCUT2D eigenvalue weighted by molar-refractivity contribution is -0.0220. The van der Waals surface area contributed by atoms with Crippen molar-refractivity contribution in [3.8, 4) is 0 Å². The zero-order chi connectivity index (χ0) is 12.8. The molecule has 1 fully saturated rings. The number of fused-ring (bicyclic) bond motifs is 1. The van der Waals surface area contributed by atoms with Gasteiger partial charge >= 0.3 is 0 Å². The minimum atomic E-state index is -2.52. The molecular weight excluding hydrogens is 304 g/mol. The Morgan fingerprint density at radius 3 is 2.72 bits per heavy atom. The standard InChI is InChI=1S/C12H12BrF2N3/c13-9-7-10(11-16-3-6-18(11)8-9)17-4-1-12(14,15)2-5-17/h3,6-8H,1-2,4-5H2. The second-order valence-corrected chi connectivity index (χ2v) is 5.46. The molecular formula is C12H12BrF2N3. The average Bonchev–Trinajstić information content (AvgIpc) is 2.76. The average molecular weight is 316 g/mol. The lowest BCUT2D eigenvalue weighted by Crippen LogP contribution is -2.39. The molecule has 96 valence electrons. The highest BCUT2D eigenvalue weighted by atomic mass is 79.9. The van der Waals surface area contributed by atoms with Gasteiger partial charge in [0.25, 0.3) is 5.92 Å². The summed E-state index contributed by atoms with van der Waals surface area (Å²) in [7, 11) is 0. The van der Waals surface area contributed by atoms with E-state index in [-0.39, 0.29) is 12.8 Å². The van der Waals surface area contributed by atoms with E-state index in [2.05, 4.69) is 20.9 Å². The van der Waals surface area contributed by atoms with Gasteiger partial charge in [0.2, 0.25) is 0 Å². The van der Waals surface area contributed by atoms with Crippen molar-refractivity contribution in [2.45, 2.75) is 18.8 Å². The molecule has 2 aromatic heterocycles. The van der Waals surface area contributed by atoms with Crippen molar-refractivity contribution in [3.05, 3.63) is 29.1 Å². The molecule has 0 radical (unpaired) electrons. The molecule has 0 bridgehead atoms. The summed E-state index contributed by atoms with van der Waals surface area (Å²) in [5.41, 5.74) is 1.72. The van der Waals surface area contributed by atoms with Crippen molar-refractivity contribution in [3.63, 3.8) is 0 Å². The molecule has 3 rings (SSSR count). The first kappa shape index (κ1) is 11.9. The molecule has 2 aromatic rings. The smallest absolute Gasteiger partial charge is 0.251 e. The molecule has 0 aromatic carbocycles. The van der Waals surface area contributed by atoms with Gasteiger partial charge in [-0.05, 0) is 22.0 Å². The Kier molecular flexibility index (Phi) is 2.77. The third-order valence-corrected chi connectivity index (χ3v) is 3.70. The minimum absolute atomic E-state index is 0.0909. The molecule has 1 saturated heterocycles. The van der Waals surface area contributed by atoms with E-state index in [4.69, 9.17) is 0 Å². The van der Waals surface area contributed by atoms with Gasteiger partial charge in [-0.1, -0.05) is 0 Å². The van der Waals surface area contributed by atoms with Gasteiger partial charge in [0.1, 0.15) is 0 Å². The number of piperidine rings is 1. The van der Waals surface area contributed by atoms with E-state index < -0.39 is 5.92 Å². The Hall–Kier alpha value is -1.17. The van der Waals surface area contributed by atoms with Crippen LogP contribution in [0, 0.1) is 0 Å². The highest BCUT2D eigenvalue weighted by Crippen LogP contribution is 2.33. The van der Waals surface area contributed by atoms with E-state index in [9.17, 15) is 8.78 Å². The third-order valence-electron chi connectivity index (χ3n) is 3.27. The van der Waals surface area contributed by atoms with E-state index in [1.165, 1.54) is 0 Å². The molecule has 0 saturated carbocycles. The predicted octanol–water partition coefficient (Wildman–Crippen LogP) is 3.33. The summed E-state index contributed by atoms with van der Waals surface area (Å²) in [6.07, 6.45) is 5.29. The lowest BCUT2D eigenvalue weighted by Gasteiger charge is -2.33. The van der Waals surface area contributed by atoms with E-state index in [0.717, 1.165) is 15.8 Å². The van der Waals surface area contributed by atoms with Crippen molar-refractivity contribution in [2.24, 2.45) is 0 Å². The second-order valence-electron chi connectivity index (χ2n) is 4.54. The molecule has 1 aliphatic heterocycles. The molecule has 0 amide bonds. The maximum absolute atomic E-state index is 13.2. The topological polar surface area (TPSA) is 20.5 Å². The summed E-state index contributed by atoms with van der Waals surface area (Å²) in [6.45, 7) is 0.734. The number of halogens is 3. The van der Waals surface area contributed by atoms with Crippen LogP contribution in [0.25, 0.3) is 5.65 Å². The SMILES string of the molecule is FC1(F)CCN(c2cc(Br)cn3ccnc23)CC1. The van der Waals surface area contributed by atoms with Gasteiger partial charge in [0, 0.05) is 49.0 Å². The zero-order valence-corrected chi connectivity index (χ0v) is 11.2. The predicted molar refractivity (Wildman–Crippen MR) is 69.3 cm³/mol. The molecule has 0 unspecified atom stereocenters. The van der Waals surface area contributed by atoms with Crippen LogP contribution in [0.3, 0.4) is 0 Å². The van der Waals surface area contributed by atoms with E-state index in [1.807, 2.05) is 27.8 Å². The Morgan fingerprint density at radius 2 is 2.00 bits per heavy atom. The van der Waals surface area contributed by atoms with Crippen LogP contribution >= 0.6 is 15.9 Å². The fourth-order valence-electron chi connectivity index (χ4n) is 2.29. The largest absolute Gasteiger partial charge is 0.368 e. The van der Waals surface area contributed by atoms with Crippen LogP contribution in [0.5, 0.6) is 0 Å². The molecule has 0 aliphatic carbocycles. The van der Waals surface area contributed by atoms with Crippen molar-refractivity contribution < 1.29 is 8.78 Å². The summed E-state index contributed by atoms with van der Waals surface area (Å²) >= 11 is 3.43. The number of hydrogen-bond donors (Lipinski definition) is 0. The van der Waals surface area contributed by atoms with Crippen LogP contribution < -0.4 is 4.90 Å². The fraction of sp³-hybridized carbons (Fsp3) is 0.417. The van der Waals surface area contributed by atoms with Crippen molar-refractivity contribution in [2.75, 3.05) is 18.0 Å². The molecule has 3 heterocycles. The summed E-state index contributed by atoms with van der Waals surface area (Å²) < 4.78 is 29.2. The normalized spacial score (nSPS) is 19.4. The fourth-order valence-corrected chi connectivity index (χ4v) is 2.73. The molecule has 6 heteroatoms. The van der Waals surface area contributed by atoms with Gasteiger partial charge in [-0.3, -0.25) is 0 Å². The first-order valence-electron chi connectivity index (χ1n) is 5.80. The molecule has 0 atom stereocenters. The van der Waals surface area contributed by atoms with Crippen molar-refractivity contribution in [1.29, 1.82) is 0 Å². The van der Waals surface area contributed by atoms with Gasteiger partial charge in [-0.2, -0.15) is 0 Å². The molecule has 18 heavy (non-hydrogen) atoms. The first-order chi connectivity index (χ1) is 8.55. The van der Waals surface area contributed by atoms with Crippen LogP contribution in [-0.2, 0) is 0 Å². The van der Waals surface area contributed by atoms with Crippen LogP contribution in [0.1, 0.15) is 12.8 Å². The van der Waals surface area contributed by atoms with Gasteiger partial charge in [0.15, 0.2) is 5.65 Å². The second kappa shape index (κ2) is 4.19. The van der Waals surface area contributed by atoms with Crippen molar-refractivity contribution >= 4 is 27.3 Å². The van der Waals surface area contributed by atoms with Gasteiger partial charge < -0.3 is 9.30 Å². The first-order valence-corrected chi connectivity index (χ1v) is 6.59. The monoisotopic (exact) mass is 315 g/mol. The number of anilines is 1. The number of pyridine rings is 1. The maximum Gasteiger partial charge on any atom is 0.251 e. The Morgan fingerprint density at radius 1 is 1.28 bits per heavy atom. The maximum atomic E-state index is 13.2. The summed E-state index contributed by atoms with van der Waals surface area (Å²) in [6, 6.07) is 1.94. The Balaban J connectivity index is 1.97. The van der Waals surface area contributed by atoms with E-state index in [1.54, 1.807) is 6.20 Å². The number of hydrogen-bond acceptors (Lipinski definition) is 2. The minimum Gasteiger partial charge on any atom is -0.368 e. The van der Waals surface area contributed by atoms with Crippen LogP contribution in [-0.4, -0.2) is 28.4 Å². The Labute approximate surface area is 112 Å². The summed E-state index contributed by atoms with van der Waals surface area (Å²) in [5.74, 6) is -2.52. The van der Waals surface area contributed by atoms with E-state index >= 15 is 0 Å². The number of aromatic nitrogens is 2. The van der Waals surface area contributed by atoms with Gasteiger partial charge in [-0.25, -0.2) is 13.8 Å². The highest BCUT2D eigenvalue weighted by Gasteiger charge is 2.34. The molecule has 0 N–H and O–H groups in total. The molecule has 1 aliphatic rings. The summed E-state index contributed by atoms with van der Waals surface area (Å²) in [4.78, 5) is 6.26. The molecule has 3 nitrogen and oxygen atoms in total. The quantitative estimate of drug-likeness (QED) is 0.804. The van der Waals surface area contributed by atoms with Crippen LogP contribution in [0.4, 0.5) is 14.5 Å². The van der Waals surface area contributed by atoms with Crippen LogP contribution in [0.15, 0.2) is 29.1 Å². The number of rotatable bonds is 1. The van der Waals surface area contributed by atoms with E-state index in [0.29, 0.717) is 13.1 Å². The third kappa shape index (κ3) is 2.09. The highest BCUT2D eigenvalue weighted by molar-refractivity contribution is 9.10. The number of nitrogens with zero attached hydrogens (tertiary/aromatic N) is 3. The number of imidazole rings is 1. The van der Waals surface area contributed by atoms with Gasteiger partial charge in [0.05, 0.1) is 5.69 Å². The number of alkyl halides is 2.